The van der Waals surface area contributed by atoms with E-state index in [9.17, 15) is 0 Å². The molecular weight excluding hydrogens is 212 g/mol. The van der Waals surface area contributed by atoms with Crippen LogP contribution < -0.4 is 0 Å². The first kappa shape index (κ1) is 9.63. The Kier molecular flexibility index (Phi) is 3.12. The maximum absolute atomic E-state index is 5.80. The largest absolute Gasteiger partial charge is 0.0894 e. The average molecular weight is 220 g/mol. The molecule has 1 radical (unpaired) electrons. The lowest BCUT2D eigenvalue weighted by atomic mass is 10.4. The summed E-state index contributed by atoms with van der Waals surface area (Å²) in [7, 11) is 0. The Morgan fingerprint density at radius 2 is 1.79 bits per heavy atom. The van der Waals surface area contributed by atoms with Crippen molar-refractivity contribution in [1.82, 2.24) is 0 Å². The van der Waals surface area contributed by atoms with E-state index in [1.807, 2.05) is 48.5 Å². The number of hydrogen-bond acceptors (Lipinski definition) is 1. The molecule has 2 aromatic carbocycles. The molecule has 69 valence electrons. The van der Waals surface area contributed by atoms with E-state index in [-0.39, 0.29) is 0 Å². The summed E-state index contributed by atoms with van der Waals surface area (Å²) in [6.07, 6.45) is 0. The van der Waals surface area contributed by atoms with Crippen molar-refractivity contribution in [2.75, 3.05) is 0 Å². The fraction of sp³-hybridized carbons (Fsp3) is 0. The highest BCUT2D eigenvalue weighted by Crippen LogP contribution is 2.27. The van der Waals surface area contributed by atoms with Crippen LogP contribution in [0.2, 0.25) is 5.02 Å². The second-order valence-electron chi connectivity index (χ2n) is 2.78. The summed E-state index contributed by atoms with van der Waals surface area (Å²) in [4.78, 5) is 2.30. The molecule has 2 aromatic rings. The lowest BCUT2D eigenvalue weighted by molar-refractivity contribution is 1.40. The molecule has 2 rings (SSSR count). The van der Waals surface area contributed by atoms with Crippen molar-refractivity contribution in [3.8, 4) is 0 Å². The molecule has 14 heavy (non-hydrogen) atoms. The highest BCUT2D eigenvalue weighted by molar-refractivity contribution is 7.99. The second kappa shape index (κ2) is 4.54. The third-order valence-corrected chi connectivity index (χ3v) is 2.96. The fourth-order valence-electron chi connectivity index (χ4n) is 1.07. The van der Waals surface area contributed by atoms with Gasteiger partial charge in [-0.15, -0.1) is 0 Å². The standard InChI is InChI=1S/C12H8ClS/c13-10-6-8-12(9-7-10)14-11-4-2-1-3-5-11/h1-4,6-9H. The van der Waals surface area contributed by atoms with Gasteiger partial charge in [0.05, 0.1) is 0 Å². The van der Waals surface area contributed by atoms with Crippen molar-refractivity contribution < 1.29 is 0 Å². The summed E-state index contributed by atoms with van der Waals surface area (Å²) in [5, 5.41) is 0.770. The van der Waals surface area contributed by atoms with Crippen LogP contribution in [0.5, 0.6) is 0 Å². The van der Waals surface area contributed by atoms with Gasteiger partial charge in [-0.3, -0.25) is 0 Å². The first-order valence-electron chi connectivity index (χ1n) is 4.25. The number of benzene rings is 2. The maximum atomic E-state index is 5.80. The predicted octanol–water partition coefficient (Wildman–Crippen LogP) is 4.29. The fourth-order valence-corrected chi connectivity index (χ4v) is 2.00. The molecule has 0 aliphatic rings. The minimum absolute atomic E-state index is 0.770. The van der Waals surface area contributed by atoms with Gasteiger partial charge in [0.25, 0.3) is 0 Å². The third-order valence-electron chi connectivity index (χ3n) is 1.72. The van der Waals surface area contributed by atoms with E-state index in [0.29, 0.717) is 0 Å². The van der Waals surface area contributed by atoms with Crippen LogP contribution in [0.25, 0.3) is 0 Å². The minimum atomic E-state index is 0.770. The molecule has 0 bridgehead atoms. The third kappa shape index (κ3) is 2.53. The molecule has 0 aliphatic heterocycles. The quantitative estimate of drug-likeness (QED) is 0.726. The average Bonchev–Trinajstić information content (AvgIpc) is 2.23. The monoisotopic (exact) mass is 219 g/mol. The van der Waals surface area contributed by atoms with Gasteiger partial charge in [0.15, 0.2) is 0 Å². The SMILES string of the molecule is Clc1ccc(Sc2[c]cccc2)cc1. The molecule has 0 unspecified atom stereocenters. The van der Waals surface area contributed by atoms with Crippen LogP contribution in [0.15, 0.2) is 58.3 Å². The van der Waals surface area contributed by atoms with Crippen molar-refractivity contribution >= 4 is 23.4 Å². The summed E-state index contributed by atoms with van der Waals surface area (Å²) in [5.74, 6) is 0. The van der Waals surface area contributed by atoms with Gasteiger partial charge < -0.3 is 0 Å². The van der Waals surface area contributed by atoms with Gasteiger partial charge >= 0.3 is 0 Å². The van der Waals surface area contributed by atoms with Gasteiger partial charge in [-0.2, -0.15) is 0 Å². The molecule has 0 spiro atoms. The molecule has 0 N–H and O–H groups in total. The lowest BCUT2D eigenvalue weighted by Gasteiger charge is -2.00. The Labute approximate surface area is 92.9 Å². The molecule has 0 aliphatic carbocycles. The second-order valence-corrected chi connectivity index (χ2v) is 4.33. The molecule has 0 atom stereocenters. The van der Waals surface area contributed by atoms with Crippen LogP contribution in [0.1, 0.15) is 0 Å². The molecule has 0 heterocycles. The Bertz CT molecular complexity index is 394. The van der Waals surface area contributed by atoms with Crippen molar-refractivity contribution in [2.45, 2.75) is 9.79 Å². The van der Waals surface area contributed by atoms with Gasteiger partial charge in [-0.25, -0.2) is 0 Å². The zero-order valence-corrected chi connectivity index (χ0v) is 8.98. The van der Waals surface area contributed by atoms with Crippen LogP contribution in [-0.4, -0.2) is 0 Å². The van der Waals surface area contributed by atoms with Gasteiger partial charge in [0.2, 0.25) is 0 Å². The van der Waals surface area contributed by atoms with E-state index in [4.69, 9.17) is 11.6 Å². The van der Waals surface area contributed by atoms with E-state index >= 15 is 0 Å². The van der Waals surface area contributed by atoms with Gasteiger partial charge in [-0.1, -0.05) is 41.6 Å². The van der Waals surface area contributed by atoms with Crippen LogP contribution in [0.4, 0.5) is 0 Å². The van der Waals surface area contributed by atoms with Crippen LogP contribution in [0.3, 0.4) is 0 Å². The summed E-state index contributed by atoms with van der Waals surface area (Å²) >= 11 is 7.48. The van der Waals surface area contributed by atoms with Crippen molar-refractivity contribution in [2.24, 2.45) is 0 Å². The molecule has 0 amide bonds. The van der Waals surface area contributed by atoms with Gasteiger partial charge in [0, 0.05) is 14.8 Å². The molecule has 0 nitrogen and oxygen atoms in total. The summed E-state index contributed by atoms with van der Waals surface area (Å²) in [6.45, 7) is 0. The normalized spacial score (nSPS) is 10.1. The van der Waals surface area contributed by atoms with Gasteiger partial charge in [-0.05, 0) is 36.4 Å². The van der Waals surface area contributed by atoms with Crippen molar-refractivity contribution in [3.05, 3.63) is 59.6 Å². The Morgan fingerprint density at radius 3 is 2.43 bits per heavy atom. The molecule has 0 aromatic heterocycles. The predicted molar refractivity (Wildman–Crippen MR) is 60.9 cm³/mol. The zero-order chi connectivity index (χ0) is 9.80. The Morgan fingerprint density at radius 1 is 1.00 bits per heavy atom. The Hall–Kier alpha value is -0.920. The van der Waals surface area contributed by atoms with E-state index < -0.39 is 0 Å². The summed E-state index contributed by atoms with van der Waals surface area (Å²) < 4.78 is 0. The number of hydrogen-bond donors (Lipinski definition) is 0. The molecule has 0 fully saturated rings. The van der Waals surface area contributed by atoms with E-state index in [1.54, 1.807) is 11.8 Å². The van der Waals surface area contributed by atoms with E-state index in [0.717, 1.165) is 9.92 Å². The lowest BCUT2D eigenvalue weighted by Crippen LogP contribution is -1.72. The molecule has 0 saturated carbocycles. The molecular formula is C12H8ClS. The maximum Gasteiger partial charge on any atom is 0.0406 e. The van der Waals surface area contributed by atoms with Gasteiger partial charge in [0.1, 0.15) is 0 Å². The van der Waals surface area contributed by atoms with Crippen LogP contribution >= 0.6 is 23.4 Å². The smallest absolute Gasteiger partial charge is 0.0406 e. The number of rotatable bonds is 2. The molecule has 0 saturated heterocycles. The zero-order valence-electron chi connectivity index (χ0n) is 7.41. The topological polar surface area (TPSA) is 0 Å². The first-order valence-corrected chi connectivity index (χ1v) is 5.44. The van der Waals surface area contributed by atoms with Crippen LogP contribution in [-0.2, 0) is 0 Å². The highest BCUT2D eigenvalue weighted by atomic mass is 35.5. The molecule has 2 heteroatoms. The Balaban J connectivity index is 2.16. The minimum Gasteiger partial charge on any atom is -0.0894 e. The highest BCUT2D eigenvalue weighted by Gasteiger charge is 1.95. The first-order chi connectivity index (χ1) is 6.84. The number of halogens is 1. The van der Waals surface area contributed by atoms with Crippen LogP contribution in [0, 0.1) is 6.07 Å². The van der Waals surface area contributed by atoms with E-state index in [2.05, 4.69) is 6.07 Å². The van der Waals surface area contributed by atoms with E-state index in [1.165, 1.54) is 4.90 Å². The summed E-state index contributed by atoms with van der Waals surface area (Å²) in [6, 6.07) is 18.9. The van der Waals surface area contributed by atoms with Crippen molar-refractivity contribution in [1.29, 1.82) is 0 Å². The summed E-state index contributed by atoms with van der Waals surface area (Å²) in [5.41, 5.74) is 0. The van der Waals surface area contributed by atoms with Crippen molar-refractivity contribution in [3.63, 3.8) is 0 Å².